The van der Waals surface area contributed by atoms with Crippen molar-refractivity contribution >= 4 is 11.6 Å². The number of nitrogens with zero attached hydrogens (tertiary/aromatic N) is 5. The molecule has 0 unspecified atom stereocenters. The maximum Gasteiger partial charge on any atom is 0.134 e. The minimum Gasteiger partial charge on any atom is -0.370 e. The fraction of sp³-hybridized carbons (Fsp3) is 0.533. The van der Waals surface area contributed by atoms with Gasteiger partial charge in [0.1, 0.15) is 18.0 Å². The van der Waals surface area contributed by atoms with Gasteiger partial charge in [0.05, 0.1) is 0 Å². The average Bonchev–Trinajstić information content (AvgIpc) is 3.19. The monoisotopic (exact) mass is 286 g/mol. The molecule has 0 spiro atoms. The highest BCUT2D eigenvalue weighted by Gasteiger charge is 2.14. The molecule has 0 bridgehead atoms. The zero-order chi connectivity index (χ0) is 14.5. The highest BCUT2D eigenvalue weighted by molar-refractivity contribution is 5.48. The summed E-state index contributed by atoms with van der Waals surface area (Å²) in [6.45, 7) is 6.19. The predicted octanol–water partition coefficient (Wildman–Crippen LogP) is 2.02. The maximum absolute atomic E-state index is 4.37. The first-order valence-electron chi connectivity index (χ1n) is 7.59. The van der Waals surface area contributed by atoms with Crippen molar-refractivity contribution in [3.05, 3.63) is 30.9 Å². The second-order valence-electron chi connectivity index (χ2n) is 5.67. The second kappa shape index (κ2) is 6.56. The van der Waals surface area contributed by atoms with E-state index < -0.39 is 0 Å². The molecule has 1 aliphatic rings. The van der Waals surface area contributed by atoms with Crippen LogP contribution in [0, 0.1) is 5.92 Å². The smallest absolute Gasteiger partial charge is 0.134 e. The molecule has 1 fully saturated rings. The van der Waals surface area contributed by atoms with Gasteiger partial charge in [0.2, 0.25) is 0 Å². The van der Waals surface area contributed by atoms with E-state index in [4.69, 9.17) is 0 Å². The number of nitrogens with one attached hydrogen (secondary N) is 1. The van der Waals surface area contributed by atoms with E-state index >= 15 is 0 Å². The van der Waals surface area contributed by atoms with E-state index in [1.807, 2.05) is 29.2 Å². The summed E-state index contributed by atoms with van der Waals surface area (Å²) < 4.78 is 1.96. The first-order valence-corrected chi connectivity index (χ1v) is 7.59. The van der Waals surface area contributed by atoms with Gasteiger partial charge in [0, 0.05) is 44.6 Å². The van der Waals surface area contributed by atoms with Crippen molar-refractivity contribution < 1.29 is 0 Å². The van der Waals surface area contributed by atoms with Gasteiger partial charge in [-0.1, -0.05) is 6.92 Å². The summed E-state index contributed by atoms with van der Waals surface area (Å²) in [5.41, 5.74) is 0. The Hall–Kier alpha value is -2.11. The van der Waals surface area contributed by atoms with Gasteiger partial charge in [-0.05, 0) is 24.8 Å². The Morgan fingerprint density at radius 2 is 2.14 bits per heavy atom. The number of anilines is 2. The molecule has 1 aliphatic heterocycles. The molecule has 6 heteroatoms. The Labute approximate surface area is 125 Å². The summed E-state index contributed by atoms with van der Waals surface area (Å²) in [6.07, 6.45) is 7.97. The van der Waals surface area contributed by atoms with Crippen LogP contribution < -0.4 is 10.2 Å². The lowest BCUT2D eigenvalue weighted by Crippen LogP contribution is -2.20. The fourth-order valence-electron chi connectivity index (χ4n) is 2.63. The van der Waals surface area contributed by atoms with Crippen molar-refractivity contribution in [1.82, 2.24) is 19.7 Å². The minimum atomic E-state index is 0.482. The van der Waals surface area contributed by atoms with Gasteiger partial charge in [-0.2, -0.15) is 5.10 Å². The molecule has 21 heavy (non-hydrogen) atoms. The van der Waals surface area contributed by atoms with Gasteiger partial charge in [0.25, 0.3) is 0 Å². The Morgan fingerprint density at radius 3 is 2.90 bits per heavy atom. The fourth-order valence-corrected chi connectivity index (χ4v) is 2.63. The van der Waals surface area contributed by atoms with Crippen LogP contribution in [0.15, 0.2) is 30.9 Å². The summed E-state index contributed by atoms with van der Waals surface area (Å²) in [5.74, 6) is 2.42. The van der Waals surface area contributed by atoms with Crippen LogP contribution in [-0.2, 0) is 6.54 Å². The van der Waals surface area contributed by atoms with Crippen LogP contribution in [0.2, 0.25) is 0 Å². The van der Waals surface area contributed by atoms with E-state index in [0.717, 1.165) is 37.8 Å². The molecule has 3 rings (SSSR count). The molecule has 0 aromatic carbocycles. The Balaban J connectivity index is 1.53. The summed E-state index contributed by atoms with van der Waals surface area (Å²) >= 11 is 0. The van der Waals surface area contributed by atoms with Crippen molar-refractivity contribution in [1.29, 1.82) is 0 Å². The van der Waals surface area contributed by atoms with Crippen LogP contribution >= 0.6 is 0 Å². The summed E-state index contributed by atoms with van der Waals surface area (Å²) in [7, 11) is 0. The molecule has 1 saturated heterocycles. The van der Waals surface area contributed by atoms with E-state index in [2.05, 4.69) is 32.2 Å². The first kappa shape index (κ1) is 13.9. The third-order valence-corrected chi connectivity index (χ3v) is 3.77. The van der Waals surface area contributed by atoms with Gasteiger partial charge < -0.3 is 10.2 Å². The van der Waals surface area contributed by atoms with Crippen LogP contribution in [0.5, 0.6) is 0 Å². The molecule has 0 saturated carbocycles. The first-order chi connectivity index (χ1) is 10.3. The third-order valence-electron chi connectivity index (χ3n) is 3.77. The molecule has 3 heterocycles. The molecule has 2 aromatic heterocycles. The van der Waals surface area contributed by atoms with Crippen LogP contribution in [0.3, 0.4) is 0 Å². The lowest BCUT2D eigenvalue weighted by molar-refractivity contribution is 0.467. The average molecular weight is 286 g/mol. The van der Waals surface area contributed by atoms with Crippen molar-refractivity contribution in [3.63, 3.8) is 0 Å². The topological polar surface area (TPSA) is 58.9 Å². The van der Waals surface area contributed by atoms with Crippen LogP contribution in [0.4, 0.5) is 11.6 Å². The normalized spacial score (nSPS) is 16.1. The van der Waals surface area contributed by atoms with Gasteiger partial charge >= 0.3 is 0 Å². The van der Waals surface area contributed by atoms with Gasteiger partial charge in [-0.3, -0.25) is 4.68 Å². The predicted molar refractivity (Wildman–Crippen MR) is 83.4 cm³/mol. The largest absolute Gasteiger partial charge is 0.370 e. The number of hydrogen-bond acceptors (Lipinski definition) is 5. The highest BCUT2D eigenvalue weighted by atomic mass is 15.3. The van der Waals surface area contributed by atoms with Gasteiger partial charge in [0.15, 0.2) is 0 Å². The molecule has 1 atom stereocenters. The molecule has 0 amide bonds. The molecule has 1 N–H and O–H groups in total. The minimum absolute atomic E-state index is 0.482. The zero-order valence-electron chi connectivity index (χ0n) is 12.4. The molecule has 0 radical (unpaired) electrons. The quantitative estimate of drug-likeness (QED) is 0.880. The summed E-state index contributed by atoms with van der Waals surface area (Å²) in [4.78, 5) is 11.0. The molecular weight excluding hydrogens is 264 g/mol. The number of hydrogen-bond donors (Lipinski definition) is 1. The molecular formula is C15H22N6. The van der Waals surface area contributed by atoms with Crippen molar-refractivity contribution in [2.75, 3.05) is 29.9 Å². The van der Waals surface area contributed by atoms with Crippen molar-refractivity contribution in [3.8, 4) is 0 Å². The summed E-state index contributed by atoms with van der Waals surface area (Å²) in [6, 6.07) is 4.00. The number of aromatic nitrogens is 4. The second-order valence-corrected chi connectivity index (χ2v) is 5.67. The zero-order valence-corrected chi connectivity index (χ0v) is 12.4. The SMILES string of the molecule is C[C@@H](CNc1cc(N2CCCC2)ncn1)Cn1cccn1. The summed E-state index contributed by atoms with van der Waals surface area (Å²) in [5, 5.41) is 7.64. The number of rotatable bonds is 6. The van der Waals surface area contributed by atoms with E-state index in [9.17, 15) is 0 Å². The third kappa shape index (κ3) is 3.71. The van der Waals surface area contributed by atoms with Crippen LogP contribution in [0.25, 0.3) is 0 Å². The Kier molecular flexibility index (Phi) is 4.33. The molecule has 2 aromatic rings. The van der Waals surface area contributed by atoms with Gasteiger partial charge in [-0.15, -0.1) is 0 Å². The van der Waals surface area contributed by atoms with E-state index in [1.165, 1.54) is 12.8 Å². The standard InChI is InChI=1S/C15H22N6/c1-13(11-21-8-4-5-19-21)10-16-14-9-15(18-12-17-14)20-6-2-3-7-20/h4-5,8-9,12-13H,2-3,6-7,10-11H2,1H3,(H,16,17,18)/t13-/m0/s1. The lowest BCUT2D eigenvalue weighted by atomic mass is 10.2. The van der Waals surface area contributed by atoms with Crippen molar-refractivity contribution in [2.24, 2.45) is 5.92 Å². The Morgan fingerprint density at radius 1 is 1.29 bits per heavy atom. The molecule has 6 nitrogen and oxygen atoms in total. The van der Waals surface area contributed by atoms with Crippen LogP contribution in [-0.4, -0.2) is 39.4 Å². The van der Waals surface area contributed by atoms with E-state index in [-0.39, 0.29) is 0 Å². The molecule has 112 valence electrons. The lowest BCUT2D eigenvalue weighted by Gasteiger charge is -2.17. The Bertz CT molecular complexity index is 547. The highest BCUT2D eigenvalue weighted by Crippen LogP contribution is 2.19. The van der Waals surface area contributed by atoms with Gasteiger partial charge in [-0.25, -0.2) is 9.97 Å². The van der Waals surface area contributed by atoms with E-state index in [0.29, 0.717) is 5.92 Å². The molecule has 0 aliphatic carbocycles. The van der Waals surface area contributed by atoms with E-state index in [1.54, 1.807) is 6.33 Å². The maximum atomic E-state index is 4.37. The van der Waals surface area contributed by atoms with Crippen molar-refractivity contribution in [2.45, 2.75) is 26.3 Å². The van der Waals surface area contributed by atoms with Crippen LogP contribution in [0.1, 0.15) is 19.8 Å².